The van der Waals surface area contributed by atoms with Gasteiger partial charge in [-0.05, 0) is 19.8 Å². The number of likely N-dealkylation sites (N-methyl/N-ethyl adjacent to an activating group) is 1. The number of hydrogen-bond donors (Lipinski definition) is 2. The van der Waals surface area contributed by atoms with Crippen LogP contribution < -0.4 is 5.73 Å². The van der Waals surface area contributed by atoms with Gasteiger partial charge in [0.05, 0.1) is 12.0 Å². The Morgan fingerprint density at radius 2 is 1.88 bits per heavy atom. The maximum atomic E-state index is 12.6. The van der Waals surface area contributed by atoms with Gasteiger partial charge in [-0.1, -0.05) is 25.7 Å². The van der Waals surface area contributed by atoms with Crippen molar-refractivity contribution in [1.82, 2.24) is 4.90 Å². The molecule has 1 rings (SSSR count). The Hall–Kier alpha value is -0.610. The fraction of sp³-hybridized carbons (Fsp3) is 0.923. The lowest BCUT2D eigenvalue weighted by Gasteiger charge is -2.35. The van der Waals surface area contributed by atoms with E-state index in [1.807, 2.05) is 6.92 Å². The molecular formula is C13H26N2O2. The molecule has 4 nitrogen and oxygen atoms in total. The highest BCUT2D eigenvalue weighted by Gasteiger charge is 2.39. The number of aliphatic hydroxyl groups excluding tert-OH is 1. The number of nitrogens with two attached hydrogens (primary N) is 1. The van der Waals surface area contributed by atoms with Gasteiger partial charge in [-0.2, -0.15) is 0 Å². The first-order chi connectivity index (χ1) is 8.20. The molecule has 1 fully saturated rings. The third-order valence-electron chi connectivity index (χ3n) is 3.94. The molecule has 0 aromatic heterocycles. The van der Waals surface area contributed by atoms with Gasteiger partial charge in [0.2, 0.25) is 5.91 Å². The average molecular weight is 242 g/mol. The molecule has 0 unspecified atom stereocenters. The Bertz CT molecular complexity index is 236. The molecule has 0 bridgehead atoms. The second kappa shape index (κ2) is 6.97. The van der Waals surface area contributed by atoms with Crippen molar-refractivity contribution in [3.8, 4) is 0 Å². The number of aliphatic hydroxyl groups is 1. The highest BCUT2D eigenvalue weighted by Crippen LogP contribution is 2.35. The van der Waals surface area contributed by atoms with Crippen molar-refractivity contribution in [3.05, 3.63) is 0 Å². The van der Waals surface area contributed by atoms with Crippen LogP contribution in [0.15, 0.2) is 0 Å². The minimum atomic E-state index is -0.359. The molecule has 1 saturated carbocycles. The SMILES string of the molecule is CCN(CCO)C(=O)C1(CN)CCCCCC1. The summed E-state index contributed by atoms with van der Waals surface area (Å²) in [5.74, 6) is 0.151. The first-order valence-corrected chi connectivity index (χ1v) is 6.80. The van der Waals surface area contributed by atoms with Crippen LogP contribution in [-0.4, -0.2) is 42.2 Å². The fourth-order valence-corrected chi connectivity index (χ4v) is 2.77. The van der Waals surface area contributed by atoms with Gasteiger partial charge in [-0.25, -0.2) is 0 Å². The van der Waals surface area contributed by atoms with E-state index < -0.39 is 0 Å². The Morgan fingerprint density at radius 3 is 2.29 bits per heavy atom. The number of rotatable bonds is 5. The van der Waals surface area contributed by atoms with Crippen LogP contribution in [0.3, 0.4) is 0 Å². The predicted molar refractivity (Wildman–Crippen MR) is 68.5 cm³/mol. The van der Waals surface area contributed by atoms with Crippen molar-refractivity contribution in [1.29, 1.82) is 0 Å². The monoisotopic (exact) mass is 242 g/mol. The van der Waals surface area contributed by atoms with E-state index in [0.717, 1.165) is 25.7 Å². The molecule has 0 atom stereocenters. The molecule has 0 radical (unpaired) electrons. The zero-order valence-corrected chi connectivity index (χ0v) is 11.0. The Morgan fingerprint density at radius 1 is 1.29 bits per heavy atom. The molecule has 0 aliphatic heterocycles. The van der Waals surface area contributed by atoms with Crippen molar-refractivity contribution >= 4 is 5.91 Å². The maximum Gasteiger partial charge on any atom is 0.230 e. The van der Waals surface area contributed by atoms with Crippen LogP contribution in [0.2, 0.25) is 0 Å². The minimum Gasteiger partial charge on any atom is -0.395 e. The third kappa shape index (κ3) is 3.42. The second-order valence-corrected chi connectivity index (χ2v) is 5.01. The van der Waals surface area contributed by atoms with Crippen molar-refractivity contribution in [2.45, 2.75) is 45.4 Å². The van der Waals surface area contributed by atoms with Gasteiger partial charge in [0, 0.05) is 19.6 Å². The van der Waals surface area contributed by atoms with Crippen LogP contribution >= 0.6 is 0 Å². The Balaban J connectivity index is 2.78. The quantitative estimate of drug-likeness (QED) is 0.710. The van der Waals surface area contributed by atoms with Crippen molar-refractivity contribution < 1.29 is 9.90 Å². The number of nitrogens with zero attached hydrogens (tertiary/aromatic N) is 1. The molecule has 0 heterocycles. The summed E-state index contributed by atoms with van der Waals surface area (Å²) in [7, 11) is 0. The van der Waals surface area contributed by atoms with E-state index in [9.17, 15) is 4.79 Å². The molecule has 17 heavy (non-hydrogen) atoms. The number of hydrogen-bond acceptors (Lipinski definition) is 3. The van der Waals surface area contributed by atoms with Gasteiger partial charge in [0.1, 0.15) is 0 Å². The van der Waals surface area contributed by atoms with E-state index in [4.69, 9.17) is 10.8 Å². The third-order valence-corrected chi connectivity index (χ3v) is 3.94. The molecule has 1 aliphatic carbocycles. The summed E-state index contributed by atoms with van der Waals surface area (Å²) in [5, 5.41) is 9.00. The summed E-state index contributed by atoms with van der Waals surface area (Å²) in [6, 6.07) is 0. The van der Waals surface area contributed by atoms with E-state index >= 15 is 0 Å². The lowest BCUT2D eigenvalue weighted by atomic mass is 9.79. The zero-order valence-electron chi connectivity index (χ0n) is 11.0. The summed E-state index contributed by atoms with van der Waals surface area (Å²) in [6.07, 6.45) is 6.43. The zero-order chi connectivity index (χ0) is 12.7. The van der Waals surface area contributed by atoms with Crippen molar-refractivity contribution in [2.24, 2.45) is 11.1 Å². The molecule has 4 heteroatoms. The van der Waals surface area contributed by atoms with E-state index in [-0.39, 0.29) is 17.9 Å². The minimum absolute atomic E-state index is 0.0280. The molecule has 100 valence electrons. The molecule has 0 aromatic rings. The topological polar surface area (TPSA) is 66.6 Å². The van der Waals surface area contributed by atoms with Gasteiger partial charge in [-0.15, -0.1) is 0 Å². The van der Waals surface area contributed by atoms with Crippen LogP contribution in [0.1, 0.15) is 45.4 Å². The summed E-state index contributed by atoms with van der Waals surface area (Å²) in [6.45, 7) is 3.50. The fourth-order valence-electron chi connectivity index (χ4n) is 2.77. The number of carbonyl (C=O) groups excluding carboxylic acids is 1. The van der Waals surface area contributed by atoms with Crippen LogP contribution in [0, 0.1) is 5.41 Å². The highest BCUT2D eigenvalue weighted by molar-refractivity contribution is 5.83. The molecule has 0 saturated heterocycles. The molecule has 1 amide bonds. The molecule has 3 N–H and O–H groups in total. The van der Waals surface area contributed by atoms with Crippen LogP contribution in [0.5, 0.6) is 0 Å². The summed E-state index contributed by atoms with van der Waals surface area (Å²) in [5.41, 5.74) is 5.53. The maximum absolute atomic E-state index is 12.6. The molecule has 0 aromatic carbocycles. The van der Waals surface area contributed by atoms with Gasteiger partial charge >= 0.3 is 0 Å². The van der Waals surface area contributed by atoms with Gasteiger partial charge < -0.3 is 15.7 Å². The lowest BCUT2D eigenvalue weighted by molar-refractivity contribution is -0.142. The number of amides is 1. The first kappa shape index (κ1) is 14.5. The van der Waals surface area contributed by atoms with E-state index in [0.29, 0.717) is 19.6 Å². The summed E-state index contributed by atoms with van der Waals surface area (Å²) >= 11 is 0. The van der Waals surface area contributed by atoms with E-state index in [1.165, 1.54) is 12.8 Å². The van der Waals surface area contributed by atoms with Crippen LogP contribution in [0.25, 0.3) is 0 Å². The predicted octanol–water partition coefficient (Wildman–Crippen LogP) is 1.13. The molecular weight excluding hydrogens is 216 g/mol. The van der Waals surface area contributed by atoms with E-state index in [2.05, 4.69) is 0 Å². The van der Waals surface area contributed by atoms with Crippen molar-refractivity contribution in [3.63, 3.8) is 0 Å². The Kier molecular flexibility index (Phi) is 5.92. The highest BCUT2D eigenvalue weighted by atomic mass is 16.3. The van der Waals surface area contributed by atoms with Gasteiger partial charge in [0.25, 0.3) is 0 Å². The van der Waals surface area contributed by atoms with Crippen LogP contribution in [0.4, 0.5) is 0 Å². The van der Waals surface area contributed by atoms with Crippen LogP contribution in [-0.2, 0) is 4.79 Å². The lowest BCUT2D eigenvalue weighted by Crippen LogP contribution is -2.48. The van der Waals surface area contributed by atoms with Crippen molar-refractivity contribution in [2.75, 3.05) is 26.2 Å². The normalized spacial score (nSPS) is 19.7. The summed E-state index contributed by atoms with van der Waals surface area (Å²) < 4.78 is 0. The van der Waals surface area contributed by atoms with Gasteiger partial charge in [-0.3, -0.25) is 4.79 Å². The first-order valence-electron chi connectivity index (χ1n) is 6.80. The number of carbonyl (C=O) groups is 1. The van der Waals surface area contributed by atoms with Gasteiger partial charge in [0.15, 0.2) is 0 Å². The largest absolute Gasteiger partial charge is 0.395 e. The standard InChI is InChI=1S/C13H26N2O2/c1-2-15(9-10-16)12(17)13(11-14)7-5-3-4-6-8-13/h16H,2-11,14H2,1H3. The summed E-state index contributed by atoms with van der Waals surface area (Å²) in [4.78, 5) is 14.3. The average Bonchev–Trinajstić information content (AvgIpc) is 2.61. The molecule has 1 aliphatic rings. The smallest absolute Gasteiger partial charge is 0.230 e. The molecule has 0 spiro atoms. The second-order valence-electron chi connectivity index (χ2n) is 5.01. The Labute approximate surface area is 104 Å². The van der Waals surface area contributed by atoms with E-state index in [1.54, 1.807) is 4.90 Å².